The van der Waals surface area contributed by atoms with E-state index in [9.17, 15) is 15.0 Å². The predicted molar refractivity (Wildman–Crippen MR) is 103 cm³/mol. The number of ether oxygens (including phenoxy) is 1. The maximum atomic E-state index is 12.4. The van der Waals surface area contributed by atoms with E-state index in [4.69, 9.17) is 4.74 Å². The quantitative estimate of drug-likeness (QED) is 0.496. The van der Waals surface area contributed by atoms with E-state index >= 15 is 0 Å². The summed E-state index contributed by atoms with van der Waals surface area (Å²) >= 11 is 0. The van der Waals surface area contributed by atoms with Crippen molar-refractivity contribution in [3.63, 3.8) is 0 Å². The maximum absolute atomic E-state index is 12.4. The molecule has 3 N–H and O–H groups in total. The topological polar surface area (TPSA) is 88.7 Å². The smallest absolute Gasteiger partial charge is 0.335 e. The number of hydrogen-bond donors (Lipinski definition) is 3. The SMILES string of the molecule is O=c1n(-c2ccccc2)cc(O)n1CCNCC(O)COc1ccccc1. The summed E-state index contributed by atoms with van der Waals surface area (Å²) in [5.74, 6) is 0.605. The molecule has 0 bridgehead atoms. The van der Waals surface area contributed by atoms with Crippen LogP contribution in [0.25, 0.3) is 5.69 Å². The molecule has 0 saturated heterocycles. The van der Waals surface area contributed by atoms with Gasteiger partial charge in [0.1, 0.15) is 18.5 Å². The van der Waals surface area contributed by atoms with E-state index in [2.05, 4.69) is 5.32 Å². The molecule has 1 heterocycles. The van der Waals surface area contributed by atoms with Crippen LogP contribution in [0, 0.1) is 0 Å². The number of imidazole rings is 1. The lowest BCUT2D eigenvalue weighted by molar-refractivity contribution is 0.106. The van der Waals surface area contributed by atoms with Gasteiger partial charge in [-0.2, -0.15) is 0 Å². The summed E-state index contributed by atoms with van der Waals surface area (Å²) in [4.78, 5) is 12.4. The van der Waals surface area contributed by atoms with Crippen LogP contribution >= 0.6 is 0 Å². The van der Waals surface area contributed by atoms with Crippen molar-refractivity contribution in [2.24, 2.45) is 0 Å². The molecular weight excluding hydrogens is 346 g/mol. The van der Waals surface area contributed by atoms with E-state index in [0.717, 1.165) is 0 Å². The number of aromatic hydroxyl groups is 1. The Labute approximate surface area is 157 Å². The van der Waals surface area contributed by atoms with Crippen molar-refractivity contribution in [1.82, 2.24) is 14.5 Å². The molecule has 0 radical (unpaired) electrons. The number of benzene rings is 2. The van der Waals surface area contributed by atoms with E-state index < -0.39 is 6.10 Å². The largest absolute Gasteiger partial charge is 0.493 e. The molecule has 1 unspecified atom stereocenters. The lowest BCUT2D eigenvalue weighted by atomic mass is 10.3. The molecule has 1 aromatic heterocycles. The number of nitrogens with zero attached hydrogens (tertiary/aromatic N) is 2. The molecule has 3 aromatic rings. The highest BCUT2D eigenvalue weighted by molar-refractivity contribution is 5.32. The molecule has 0 fully saturated rings. The molecule has 0 spiro atoms. The number of hydrogen-bond acceptors (Lipinski definition) is 5. The summed E-state index contributed by atoms with van der Waals surface area (Å²) in [6, 6.07) is 18.4. The van der Waals surface area contributed by atoms with Crippen LogP contribution in [0.4, 0.5) is 0 Å². The van der Waals surface area contributed by atoms with Crippen molar-refractivity contribution >= 4 is 0 Å². The second kappa shape index (κ2) is 9.07. The molecule has 142 valence electrons. The summed E-state index contributed by atoms with van der Waals surface area (Å²) in [6.45, 7) is 1.21. The minimum absolute atomic E-state index is 0.0985. The summed E-state index contributed by atoms with van der Waals surface area (Å²) in [7, 11) is 0. The van der Waals surface area contributed by atoms with Crippen LogP contribution in [-0.2, 0) is 6.54 Å². The molecule has 27 heavy (non-hydrogen) atoms. The van der Waals surface area contributed by atoms with Gasteiger partial charge in [0.2, 0.25) is 5.88 Å². The van der Waals surface area contributed by atoms with Crippen molar-refractivity contribution in [2.75, 3.05) is 19.7 Å². The molecule has 0 saturated carbocycles. The van der Waals surface area contributed by atoms with Crippen LogP contribution in [0.1, 0.15) is 0 Å². The Balaban J connectivity index is 1.47. The molecule has 7 heteroatoms. The first kappa shape index (κ1) is 18.8. The monoisotopic (exact) mass is 369 g/mol. The van der Waals surface area contributed by atoms with Crippen molar-refractivity contribution in [3.05, 3.63) is 77.3 Å². The summed E-state index contributed by atoms with van der Waals surface area (Å²) in [6.07, 6.45) is 0.727. The highest BCUT2D eigenvalue weighted by Gasteiger charge is 2.11. The Bertz CT molecular complexity index is 891. The molecule has 2 aromatic carbocycles. The Kier molecular flexibility index (Phi) is 6.30. The van der Waals surface area contributed by atoms with E-state index in [0.29, 0.717) is 24.5 Å². The second-order valence-corrected chi connectivity index (χ2v) is 6.11. The molecule has 0 aliphatic rings. The number of rotatable bonds is 9. The summed E-state index contributed by atoms with van der Waals surface area (Å²) < 4.78 is 8.17. The summed E-state index contributed by atoms with van der Waals surface area (Å²) in [5, 5.41) is 23.1. The number of aliphatic hydroxyl groups excluding tert-OH is 1. The van der Waals surface area contributed by atoms with Crippen LogP contribution in [-0.4, -0.2) is 45.1 Å². The van der Waals surface area contributed by atoms with E-state index in [1.165, 1.54) is 15.3 Å². The normalized spacial score (nSPS) is 12.0. The number of aliphatic hydroxyl groups is 1. The van der Waals surface area contributed by atoms with Gasteiger partial charge in [-0.25, -0.2) is 4.79 Å². The van der Waals surface area contributed by atoms with Gasteiger partial charge in [0.15, 0.2) is 0 Å². The van der Waals surface area contributed by atoms with Crippen molar-refractivity contribution in [3.8, 4) is 17.3 Å². The molecule has 7 nitrogen and oxygen atoms in total. The van der Waals surface area contributed by atoms with Gasteiger partial charge in [0.05, 0.1) is 11.9 Å². The minimum atomic E-state index is -0.676. The van der Waals surface area contributed by atoms with Crippen molar-refractivity contribution in [2.45, 2.75) is 12.6 Å². The number of aromatic nitrogens is 2. The van der Waals surface area contributed by atoms with E-state index in [1.54, 1.807) is 12.1 Å². The molecule has 0 aliphatic carbocycles. The second-order valence-electron chi connectivity index (χ2n) is 6.11. The fourth-order valence-corrected chi connectivity index (χ4v) is 2.68. The first-order valence-electron chi connectivity index (χ1n) is 8.78. The third kappa shape index (κ3) is 4.99. The summed E-state index contributed by atoms with van der Waals surface area (Å²) in [5.41, 5.74) is 0.381. The zero-order chi connectivity index (χ0) is 19.1. The van der Waals surface area contributed by atoms with Crippen LogP contribution in [0.3, 0.4) is 0 Å². The molecular formula is C20H23N3O4. The van der Waals surface area contributed by atoms with Crippen molar-refractivity contribution < 1.29 is 14.9 Å². The number of para-hydroxylation sites is 2. The Morgan fingerprint density at radius 1 is 1.04 bits per heavy atom. The van der Waals surface area contributed by atoms with Crippen LogP contribution in [0.5, 0.6) is 11.6 Å². The van der Waals surface area contributed by atoms with Gasteiger partial charge in [0.25, 0.3) is 0 Å². The fourth-order valence-electron chi connectivity index (χ4n) is 2.68. The van der Waals surface area contributed by atoms with Gasteiger partial charge in [-0.3, -0.25) is 9.13 Å². The van der Waals surface area contributed by atoms with Crippen LogP contribution in [0.2, 0.25) is 0 Å². The third-order valence-corrected chi connectivity index (χ3v) is 4.07. The maximum Gasteiger partial charge on any atom is 0.335 e. The standard InChI is InChI=1S/C20H23N3O4/c24-17(15-27-18-9-5-2-6-10-18)13-21-11-12-22-19(25)14-23(20(22)26)16-7-3-1-4-8-16/h1-10,14,17,21,24-25H,11-13,15H2. The first-order chi connectivity index (χ1) is 13.1. The Morgan fingerprint density at radius 3 is 2.41 bits per heavy atom. The van der Waals surface area contributed by atoms with Crippen molar-refractivity contribution in [1.29, 1.82) is 0 Å². The fraction of sp³-hybridized carbons (Fsp3) is 0.250. The Morgan fingerprint density at radius 2 is 1.70 bits per heavy atom. The highest BCUT2D eigenvalue weighted by atomic mass is 16.5. The van der Waals surface area contributed by atoms with Crippen LogP contribution in [0.15, 0.2) is 71.7 Å². The zero-order valence-electron chi connectivity index (χ0n) is 14.9. The lowest BCUT2D eigenvalue weighted by Gasteiger charge is -2.13. The molecule has 0 aliphatic heterocycles. The van der Waals surface area contributed by atoms with E-state index in [1.807, 2.05) is 48.5 Å². The Hall–Kier alpha value is -3.03. The molecule has 0 amide bonds. The predicted octanol–water partition coefficient (Wildman–Crippen LogP) is 1.37. The highest BCUT2D eigenvalue weighted by Crippen LogP contribution is 2.11. The van der Waals surface area contributed by atoms with Gasteiger partial charge in [0, 0.05) is 19.6 Å². The van der Waals surface area contributed by atoms with Gasteiger partial charge in [-0.05, 0) is 24.3 Å². The first-order valence-corrected chi connectivity index (χ1v) is 8.78. The average molecular weight is 369 g/mol. The molecule has 1 atom stereocenters. The average Bonchev–Trinajstić information content (AvgIpc) is 2.99. The minimum Gasteiger partial charge on any atom is -0.493 e. The van der Waals surface area contributed by atoms with Gasteiger partial charge >= 0.3 is 5.69 Å². The van der Waals surface area contributed by atoms with Gasteiger partial charge < -0.3 is 20.3 Å². The van der Waals surface area contributed by atoms with Gasteiger partial charge in [-0.15, -0.1) is 0 Å². The lowest BCUT2D eigenvalue weighted by Crippen LogP contribution is -2.34. The molecule has 3 rings (SSSR count). The third-order valence-electron chi connectivity index (χ3n) is 4.07. The van der Waals surface area contributed by atoms with E-state index in [-0.39, 0.29) is 24.7 Å². The number of nitrogens with one attached hydrogen (secondary N) is 1. The van der Waals surface area contributed by atoms with Crippen LogP contribution < -0.4 is 15.7 Å². The zero-order valence-corrected chi connectivity index (χ0v) is 14.9. The van der Waals surface area contributed by atoms with Gasteiger partial charge in [-0.1, -0.05) is 36.4 Å².